The van der Waals surface area contributed by atoms with E-state index in [9.17, 15) is 9.59 Å². The first kappa shape index (κ1) is 16.2. The average molecular weight is 366 g/mol. The first-order valence-corrected chi connectivity index (χ1v) is 7.42. The quantitative estimate of drug-likeness (QED) is 0.902. The van der Waals surface area contributed by atoms with E-state index >= 15 is 0 Å². The summed E-state index contributed by atoms with van der Waals surface area (Å²) in [6.45, 7) is 3.25. The second-order valence-corrected chi connectivity index (χ2v) is 5.88. The molecule has 0 fully saturated rings. The number of aliphatic carboxylic acids is 1. The van der Waals surface area contributed by atoms with Crippen LogP contribution in [-0.4, -0.2) is 44.8 Å². The molecule has 1 aromatic carbocycles. The molecule has 6 nitrogen and oxygen atoms in total. The van der Waals surface area contributed by atoms with Crippen LogP contribution in [0.25, 0.3) is 5.69 Å². The van der Waals surface area contributed by atoms with Gasteiger partial charge >= 0.3 is 5.97 Å². The number of carbonyl (C=O) groups excluding carboxylic acids is 1. The molecule has 2 rings (SSSR count). The Morgan fingerprint density at radius 3 is 2.45 bits per heavy atom. The van der Waals surface area contributed by atoms with Crippen LogP contribution in [0.1, 0.15) is 23.0 Å². The number of nitrogens with zero attached hydrogens (tertiary/aromatic N) is 3. The summed E-state index contributed by atoms with van der Waals surface area (Å²) in [5.74, 6) is -1.41. The maximum atomic E-state index is 12.4. The van der Waals surface area contributed by atoms with Crippen molar-refractivity contribution in [3.8, 4) is 5.69 Å². The van der Waals surface area contributed by atoms with Crippen LogP contribution < -0.4 is 0 Å². The monoisotopic (exact) mass is 365 g/mol. The van der Waals surface area contributed by atoms with E-state index in [0.29, 0.717) is 11.3 Å². The number of carboxylic acids is 1. The number of halogens is 1. The molecule has 1 aromatic heterocycles. The predicted molar refractivity (Wildman–Crippen MR) is 85.2 cm³/mol. The van der Waals surface area contributed by atoms with E-state index in [0.717, 1.165) is 10.2 Å². The molecular formula is C15H16BrN3O3. The highest BCUT2D eigenvalue weighted by Gasteiger charge is 2.25. The molecule has 0 saturated heterocycles. The Morgan fingerprint density at radius 2 is 1.91 bits per heavy atom. The highest BCUT2D eigenvalue weighted by molar-refractivity contribution is 9.10. The fraction of sp³-hybridized carbons (Fsp3) is 0.267. The van der Waals surface area contributed by atoms with Gasteiger partial charge in [0.15, 0.2) is 0 Å². The van der Waals surface area contributed by atoms with Crippen molar-refractivity contribution in [3.05, 3.63) is 46.2 Å². The van der Waals surface area contributed by atoms with Gasteiger partial charge in [-0.2, -0.15) is 5.10 Å². The fourth-order valence-electron chi connectivity index (χ4n) is 1.99. The summed E-state index contributed by atoms with van der Waals surface area (Å²) in [5.41, 5.74) is 1.88. The number of aromatic nitrogens is 2. The van der Waals surface area contributed by atoms with E-state index in [-0.39, 0.29) is 5.91 Å². The van der Waals surface area contributed by atoms with Crippen molar-refractivity contribution >= 4 is 27.8 Å². The topological polar surface area (TPSA) is 75.4 Å². The molecule has 7 heteroatoms. The molecule has 0 radical (unpaired) electrons. The Bertz CT molecular complexity index is 709. The van der Waals surface area contributed by atoms with Crippen LogP contribution in [-0.2, 0) is 4.79 Å². The first-order valence-electron chi connectivity index (χ1n) is 6.63. The molecule has 0 aliphatic rings. The maximum absolute atomic E-state index is 12.4. The van der Waals surface area contributed by atoms with Gasteiger partial charge in [-0.1, -0.05) is 15.9 Å². The van der Waals surface area contributed by atoms with E-state index in [2.05, 4.69) is 21.0 Å². The lowest BCUT2D eigenvalue weighted by molar-refractivity contribution is -0.141. The van der Waals surface area contributed by atoms with Gasteiger partial charge in [-0.3, -0.25) is 4.79 Å². The van der Waals surface area contributed by atoms with Crippen molar-refractivity contribution in [2.24, 2.45) is 0 Å². The van der Waals surface area contributed by atoms with Crippen molar-refractivity contribution in [1.82, 2.24) is 14.7 Å². The number of benzene rings is 1. The maximum Gasteiger partial charge on any atom is 0.326 e. The van der Waals surface area contributed by atoms with Gasteiger partial charge in [-0.05, 0) is 38.1 Å². The Hall–Kier alpha value is -2.15. The summed E-state index contributed by atoms with van der Waals surface area (Å²) >= 11 is 3.37. The second kappa shape index (κ2) is 6.31. The van der Waals surface area contributed by atoms with E-state index < -0.39 is 12.0 Å². The summed E-state index contributed by atoms with van der Waals surface area (Å²) < 4.78 is 2.60. The van der Waals surface area contributed by atoms with E-state index in [1.807, 2.05) is 24.3 Å². The third kappa shape index (κ3) is 3.04. The Kier molecular flexibility index (Phi) is 4.65. The van der Waals surface area contributed by atoms with E-state index in [1.54, 1.807) is 11.6 Å². The standard InChI is InChI=1S/C15H16BrN3O3/c1-9-13(14(20)18(3)10(2)15(21)22)8-17-19(9)12-6-4-11(16)5-7-12/h4-8,10H,1-3H3,(H,21,22). The zero-order chi connectivity index (χ0) is 16.4. The van der Waals surface area contributed by atoms with Crippen molar-refractivity contribution in [1.29, 1.82) is 0 Å². The molecule has 22 heavy (non-hydrogen) atoms. The van der Waals surface area contributed by atoms with Crippen LogP contribution in [0.5, 0.6) is 0 Å². The van der Waals surface area contributed by atoms with Gasteiger partial charge < -0.3 is 10.0 Å². The van der Waals surface area contributed by atoms with Gasteiger partial charge in [0.1, 0.15) is 6.04 Å². The van der Waals surface area contributed by atoms with Gasteiger partial charge in [-0.25, -0.2) is 9.48 Å². The van der Waals surface area contributed by atoms with Gasteiger partial charge in [0.2, 0.25) is 0 Å². The molecule has 0 bridgehead atoms. The third-order valence-electron chi connectivity index (χ3n) is 3.57. The number of carbonyl (C=O) groups is 2. The van der Waals surface area contributed by atoms with Gasteiger partial charge in [0.25, 0.3) is 5.91 Å². The van der Waals surface area contributed by atoms with Gasteiger partial charge in [0.05, 0.1) is 23.1 Å². The van der Waals surface area contributed by atoms with Crippen LogP contribution in [0.3, 0.4) is 0 Å². The van der Waals surface area contributed by atoms with Crippen molar-refractivity contribution in [2.45, 2.75) is 19.9 Å². The lowest BCUT2D eigenvalue weighted by Crippen LogP contribution is -2.40. The molecule has 116 valence electrons. The largest absolute Gasteiger partial charge is 0.480 e. The first-order chi connectivity index (χ1) is 10.3. The number of carboxylic acid groups (broad SMARTS) is 1. The SMILES string of the molecule is Cc1c(C(=O)N(C)C(C)C(=O)O)cnn1-c1ccc(Br)cc1. The molecule has 1 unspecified atom stereocenters. The van der Waals surface area contributed by atoms with Crippen LogP contribution in [0.2, 0.25) is 0 Å². The van der Waals surface area contributed by atoms with E-state index in [4.69, 9.17) is 5.11 Å². The molecule has 0 spiro atoms. The zero-order valence-corrected chi connectivity index (χ0v) is 14.0. The summed E-state index contributed by atoms with van der Waals surface area (Å²) in [6.07, 6.45) is 1.46. The van der Waals surface area contributed by atoms with Crippen LogP contribution in [0.15, 0.2) is 34.9 Å². The molecular weight excluding hydrogens is 350 g/mol. The molecule has 0 aliphatic heterocycles. The van der Waals surface area contributed by atoms with Gasteiger partial charge in [0, 0.05) is 11.5 Å². The summed E-state index contributed by atoms with van der Waals surface area (Å²) in [4.78, 5) is 24.6. The van der Waals surface area contributed by atoms with Crippen LogP contribution >= 0.6 is 15.9 Å². The minimum Gasteiger partial charge on any atom is -0.480 e. The lowest BCUT2D eigenvalue weighted by Gasteiger charge is -2.21. The zero-order valence-electron chi connectivity index (χ0n) is 12.4. The average Bonchev–Trinajstić information content (AvgIpc) is 2.87. The second-order valence-electron chi connectivity index (χ2n) is 4.96. The fourth-order valence-corrected chi connectivity index (χ4v) is 2.26. The normalized spacial score (nSPS) is 12.0. The summed E-state index contributed by atoms with van der Waals surface area (Å²) in [5, 5.41) is 13.2. The number of hydrogen-bond acceptors (Lipinski definition) is 3. The lowest BCUT2D eigenvalue weighted by atomic mass is 10.2. The molecule has 1 N–H and O–H groups in total. The minimum atomic E-state index is -1.05. The highest BCUT2D eigenvalue weighted by atomic mass is 79.9. The van der Waals surface area contributed by atoms with E-state index in [1.165, 1.54) is 25.1 Å². The van der Waals surface area contributed by atoms with Crippen LogP contribution in [0.4, 0.5) is 0 Å². The molecule has 0 saturated carbocycles. The number of amides is 1. The van der Waals surface area contributed by atoms with Gasteiger partial charge in [-0.15, -0.1) is 0 Å². The van der Waals surface area contributed by atoms with Crippen molar-refractivity contribution < 1.29 is 14.7 Å². The van der Waals surface area contributed by atoms with Crippen molar-refractivity contribution in [2.75, 3.05) is 7.05 Å². The smallest absolute Gasteiger partial charge is 0.326 e. The third-order valence-corrected chi connectivity index (χ3v) is 4.10. The minimum absolute atomic E-state index is 0.365. The molecule has 2 aromatic rings. The summed E-state index contributed by atoms with van der Waals surface area (Å²) in [6, 6.07) is 6.62. The summed E-state index contributed by atoms with van der Waals surface area (Å²) in [7, 11) is 1.47. The number of likely N-dealkylation sites (N-methyl/N-ethyl adjacent to an activating group) is 1. The number of rotatable bonds is 4. The highest BCUT2D eigenvalue weighted by Crippen LogP contribution is 2.18. The predicted octanol–water partition coefficient (Wildman–Crippen LogP) is 2.49. The van der Waals surface area contributed by atoms with Crippen molar-refractivity contribution in [3.63, 3.8) is 0 Å². The molecule has 1 amide bonds. The van der Waals surface area contributed by atoms with Crippen LogP contribution in [0, 0.1) is 6.92 Å². The Labute approximate surface area is 136 Å². The molecule has 1 heterocycles. The Balaban J connectivity index is 2.33. The Morgan fingerprint density at radius 1 is 1.32 bits per heavy atom. The molecule has 1 atom stereocenters. The number of hydrogen-bond donors (Lipinski definition) is 1. The molecule has 0 aliphatic carbocycles.